The third kappa shape index (κ3) is 9.00. The highest BCUT2D eigenvalue weighted by Crippen LogP contribution is 2.07. The molecule has 0 bridgehead atoms. The number of hydrogen-bond donors (Lipinski definition) is 3. The van der Waals surface area contributed by atoms with E-state index in [1.807, 2.05) is 36.8 Å². The van der Waals surface area contributed by atoms with Crippen molar-refractivity contribution in [2.45, 2.75) is 52.7 Å². The molecule has 3 N–H and O–H groups in total. The van der Waals surface area contributed by atoms with E-state index in [4.69, 9.17) is 0 Å². The number of nitrogens with zero attached hydrogens (tertiary/aromatic N) is 4. The Kier molecular flexibility index (Phi) is 10.4. The monoisotopic (exact) mass is 519 g/mol. The summed E-state index contributed by atoms with van der Waals surface area (Å²) in [6.45, 7) is 10.0. The van der Waals surface area contributed by atoms with Crippen LogP contribution in [0.5, 0.6) is 0 Å². The fraction of sp³-hybridized carbons (Fsp3) is 0.556. The summed E-state index contributed by atoms with van der Waals surface area (Å²) in [5, 5.41) is 19.5. The maximum atomic E-state index is 12.0. The van der Waals surface area contributed by atoms with Gasteiger partial charge in [0.05, 0.1) is 6.54 Å². The van der Waals surface area contributed by atoms with Crippen molar-refractivity contribution in [1.82, 2.24) is 30.7 Å². The van der Waals surface area contributed by atoms with Crippen LogP contribution in [0.4, 0.5) is 0 Å². The number of thiophene rings is 1. The van der Waals surface area contributed by atoms with Gasteiger partial charge in [-0.2, -0.15) is 0 Å². The van der Waals surface area contributed by atoms with E-state index in [1.54, 1.807) is 17.7 Å². The third-order valence-electron chi connectivity index (χ3n) is 3.56. The molecule has 0 saturated carbocycles. The second kappa shape index (κ2) is 12.0. The van der Waals surface area contributed by atoms with Crippen molar-refractivity contribution in [3.63, 3.8) is 0 Å². The number of aliphatic imine (C=N–C) groups is 1. The van der Waals surface area contributed by atoms with E-state index in [1.165, 1.54) is 4.88 Å². The molecule has 0 fully saturated rings. The molecule has 0 aliphatic carbocycles. The van der Waals surface area contributed by atoms with Crippen molar-refractivity contribution >= 4 is 47.2 Å². The SMILES string of the molecule is CCc1nncn1CCNC(=NCC(=O)NC(C)(C)C)NCc1cccs1.I. The van der Waals surface area contributed by atoms with Crippen LogP contribution in [-0.2, 0) is 24.3 Å². The molecule has 0 atom stereocenters. The molecule has 2 aromatic rings. The summed E-state index contributed by atoms with van der Waals surface area (Å²) in [4.78, 5) is 17.7. The minimum absolute atomic E-state index is 0. The Balaban J connectivity index is 0.00000392. The lowest BCUT2D eigenvalue weighted by Gasteiger charge is -2.20. The quantitative estimate of drug-likeness (QED) is 0.282. The largest absolute Gasteiger partial charge is 0.355 e. The summed E-state index contributed by atoms with van der Waals surface area (Å²) in [6, 6.07) is 4.08. The van der Waals surface area contributed by atoms with E-state index in [0.29, 0.717) is 19.0 Å². The second-order valence-corrected chi connectivity index (χ2v) is 8.15. The molecule has 0 unspecified atom stereocenters. The number of guanidine groups is 1. The molecule has 0 radical (unpaired) electrons. The van der Waals surface area contributed by atoms with Crippen LogP contribution in [0.15, 0.2) is 28.8 Å². The van der Waals surface area contributed by atoms with Crippen molar-refractivity contribution in [3.8, 4) is 0 Å². The molecule has 2 aromatic heterocycles. The van der Waals surface area contributed by atoms with Gasteiger partial charge in [-0.25, -0.2) is 4.99 Å². The smallest absolute Gasteiger partial charge is 0.242 e. The first-order valence-electron chi connectivity index (χ1n) is 9.09. The first-order valence-corrected chi connectivity index (χ1v) is 9.97. The number of aryl methyl sites for hydroxylation is 1. The van der Waals surface area contributed by atoms with E-state index < -0.39 is 0 Å². The zero-order chi connectivity index (χ0) is 19.7. The minimum atomic E-state index is -0.268. The highest BCUT2D eigenvalue weighted by Gasteiger charge is 2.13. The van der Waals surface area contributed by atoms with Crippen molar-refractivity contribution < 1.29 is 4.79 Å². The number of hydrogen-bond acceptors (Lipinski definition) is 5. The van der Waals surface area contributed by atoms with Crippen LogP contribution in [0.25, 0.3) is 0 Å². The Bertz CT molecular complexity index is 737. The summed E-state index contributed by atoms with van der Waals surface area (Å²) in [7, 11) is 0. The Morgan fingerprint density at radius 3 is 2.75 bits per heavy atom. The summed E-state index contributed by atoms with van der Waals surface area (Å²) < 4.78 is 2.01. The van der Waals surface area contributed by atoms with Gasteiger partial charge in [-0.05, 0) is 32.2 Å². The van der Waals surface area contributed by atoms with Crippen molar-refractivity contribution in [2.24, 2.45) is 4.99 Å². The van der Waals surface area contributed by atoms with Gasteiger partial charge in [0.1, 0.15) is 18.7 Å². The van der Waals surface area contributed by atoms with E-state index >= 15 is 0 Å². The average molecular weight is 519 g/mol. The molecule has 0 aliphatic heterocycles. The standard InChI is InChI=1S/C18H29N7OS.HI/c1-5-15-24-22-13-25(15)9-8-19-17(20-11-14-7-6-10-27-14)21-12-16(26)23-18(2,3)4;/h6-7,10,13H,5,8-9,11-12H2,1-4H3,(H,23,26)(H2,19,20,21);1H. The Hall–Kier alpha value is -1.69. The fourth-order valence-electron chi connectivity index (χ4n) is 2.40. The van der Waals surface area contributed by atoms with Gasteiger partial charge in [-0.15, -0.1) is 45.5 Å². The predicted molar refractivity (Wildman–Crippen MR) is 124 cm³/mol. The van der Waals surface area contributed by atoms with Gasteiger partial charge in [-0.1, -0.05) is 13.0 Å². The number of halogens is 1. The van der Waals surface area contributed by atoms with E-state index in [0.717, 1.165) is 18.8 Å². The lowest BCUT2D eigenvalue weighted by Crippen LogP contribution is -2.43. The van der Waals surface area contributed by atoms with Crippen molar-refractivity contribution in [1.29, 1.82) is 0 Å². The molecule has 8 nitrogen and oxygen atoms in total. The normalized spacial score (nSPS) is 11.6. The Morgan fingerprint density at radius 2 is 2.11 bits per heavy atom. The molecule has 2 rings (SSSR count). The molecule has 0 saturated heterocycles. The molecule has 0 spiro atoms. The molecule has 156 valence electrons. The van der Waals surface area contributed by atoms with E-state index in [9.17, 15) is 4.79 Å². The van der Waals surface area contributed by atoms with Crippen LogP contribution in [0, 0.1) is 0 Å². The van der Waals surface area contributed by atoms with Crippen LogP contribution in [0.2, 0.25) is 0 Å². The van der Waals surface area contributed by atoms with E-state index in [-0.39, 0.29) is 42.0 Å². The van der Waals surface area contributed by atoms with Crippen LogP contribution < -0.4 is 16.0 Å². The van der Waals surface area contributed by atoms with Gasteiger partial charge >= 0.3 is 0 Å². The lowest BCUT2D eigenvalue weighted by atomic mass is 10.1. The Labute approximate surface area is 187 Å². The lowest BCUT2D eigenvalue weighted by molar-refractivity contribution is -0.121. The molecular formula is C18H30IN7OS. The van der Waals surface area contributed by atoms with Crippen LogP contribution in [0.3, 0.4) is 0 Å². The topological polar surface area (TPSA) is 96.2 Å². The van der Waals surface area contributed by atoms with E-state index in [2.05, 4.69) is 44.1 Å². The highest BCUT2D eigenvalue weighted by atomic mass is 127. The minimum Gasteiger partial charge on any atom is -0.355 e. The number of carbonyl (C=O) groups is 1. The maximum Gasteiger partial charge on any atom is 0.242 e. The Morgan fingerprint density at radius 1 is 1.32 bits per heavy atom. The van der Waals surface area contributed by atoms with Gasteiger partial charge in [-0.3, -0.25) is 4.79 Å². The third-order valence-corrected chi connectivity index (χ3v) is 4.44. The fourth-order valence-corrected chi connectivity index (χ4v) is 3.05. The predicted octanol–water partition coefficient (Wildman–Crippen LogP) is 2.17. The molecule has 10 heteroatoms. The molecular weight excluding hydrogens is 489 g/mol. The second-order valence-electron chi connectivity index (χ2n) is 7.12. The molecule has 1 amide bonds. The van der Waals surface area contributed by atoms with Crippen molar-refractivity contribution in [3.05, 3.63) is 34.5 Å². The van der Waals surface area contributed by atoms with Crippen LogP contribution in [0.1, 0.15) is 38.4 Å². The van der Waals surface area contributed by atoms with Gasteiger partial charge < -0.3 is 20.5 Å². The van der Waals surface area contributed by atoms with Gasteiger partial charge in [0.15, 0.2) is 5.96 Å². The molecule has 0 aromatic carbocycles. The first kappa shape index (κ1) is 24.3. The van der Waals surface area contributed by atoms with Gasteiger partial charge in [0.2, 0.25) is 5.91 Å². The summed E-state index contributed by atoms with van der Waals surface area (Å²) in [6.07, 6.45) is 2.57. The summed E-state index contributed by atoms with van der Waals surface area (Å²) >= 11 is 1.68. The number of aromatic nitrogens is 3. The zero-order valence-electron chi connectivity index (χ0n) is 16.9. The number of rotatable bonds is 8. The number of nitrogens with one attached hydrogen (secondary N) is 3. The van der Waals surface area contributed by atoms with Crippen LogP contribution >= 0.6 is 35.3 Å². The average Bonchev–Trinajstić information content (AvgIpc) is 3.26. The summed E-state index contributed by atoms with van der Waals surface area (Å²) in [5.74, 6) is 1.46. The van der Waals surface area contributed by atoms with Crippen molar-refractivity contribution in [2.75, 3.05) is 13.1 Å². The highest BCUT2D eigenvalue weighted by molar-refractivity contribution is 14.0. The first-order chi connectivity index (χ1) is 12.9. The summed E-state index contributed by atoms with van der Waals surface area (Å²) in [5.41, 5.74) is -0.268. The van der Waals surface area contributed by atoms with Crippen LogP contribution in [-0.4, -0.2) is 45.3 Å². The maximum absolute atomic E-state index is 12.0. The van der Waals surface area contributed by atoms with Gasteiger partial charge in [0, 0.05) is 29.9 Å². The number of carbonyl (C=O) groups excluding carboxylic acids is 1. The molecule has 28 heavy (non-hydrogen) atoms. The molecule has 2 heterocycles. The number of amides is 1. The van der Waals surface area contributed by atoms with Gasteiger partial charge in [0.25, 0.3) is 0 Å². The zero-order valence-corrected chi connectivity index (χ0v) is 20.0. The molecule has 0 aliphatic rings.